The van der Waals surface area contributed by atoms with E-state index in [2.05, 4.69) is 15.2 Å². The van der Waals surface area contributed by atoms with Gasteiger partial charge in [-0.2, -0.15) is 0 Å². The number of hydrogen-bond donors (Lipinski definition) is 1. The van der Waals surface area contributed by atoms with Crippen molar-refractivity contribution in [3.05, 3.63) is 40.5 Å². The third-order valence-electron chi connectivity index (χ3n) is 2.57. The topological polar surface area (TPSA) is 66.9 Å². The molecule has 2 aromatic rings. The monoisotopic (exact) mass is 309 g/mol. The minimum absolute atomic E-state index is 0.298. The maximum absolute atomic E-state index is 5.96. The highest BCUT2D eigenvalue weighted by Crippen LogP contribution is 2.30. The summed E-state index contributed by atoms with van der Waals surface area (Å²) >= 11 is 11.7. The van der Waals surface area contributed by atoms with Gasteiger partial charge in [-0.05, 0) is 24.3 Å². The molecule has 1 aromatic carbocycles. The van der Waals surface area contributed by atoms with Crippen molar-refractivity contribution < 1.29 is 0 Å². The first kappa shape index (κ1) is 14.6. The lowest BCUT2D eigenvalue weighted by Gasteiger charge is -2.13. The highest BCUT2D eigenvalue weighted by Gasteiger charge is 2.04. The molecule has 2 N–H and O–H groups in total. The molecule has 5 nitrogen and oxygen atoms in total. The van der Waals surface area contributed by atoms with E-state index in [0.29, 0.717) is 27.2 Å². The number of hydrogen-bond acceptors (Lipinski definition) is 5. The molecule has 0 radical (unpaired) electrons. The second kappa shape index (κ2) is 6.07. The zero-order chi connectivity index (χ0) is 14.7. The molecule has 0 atom stereocenters. The van der Waals surface area contributed by atoms with Gasteiger partial charge in [-0.25, -0.2) is 4.98 Å². The first-order chi connectivity index (χ1) is 9.47. The van der Waals surface area contributed by atoms with E-state index in [1.54, 1.807) is 12.1 Å². The summed E-state index contributed by atoms with van der Waals surface area (Å²) < 4.78 is 0. The lowest BCUT2D eigenvalue weighted by molar-refractivity contribution is 1.12. The van der Waals surface area contributed by atoms with Crippen LogP contribution in [0.4, 0.5) is 22.9 Å². The lowest BCUT2D eigenvalue weighted by atomic mass is 10.2. The van der Waals surface area contributed by atoms with Crippen LogP contribution >= 0.6 is 23.2 Å². The Morgan fingerprint density at radius 2 is 1.90 bits per heavy atom. The Kier molecular flexibility index (Phi) is 4.42. The number of nitrogens with zero attached hydrogens (tertiary/aromatic N) is 4. The first-order valence-electron chi connectivity index (χ1n) is 5.77. The number of nitrogen functional groups attached to an aromatic ring is 1. The van der Waals surface area contributed by atoms with Crippen molar-refractivity contribution in [1.82, 2.24) is 4.98 Å². The molecule has 0 aliphatic carbocycles. The highest BCUT2D eigenvalue weighted by molar-refractivity contribution is 6.35. The minimum Gasteiger partial charge on any atom is -0.397 e. The molecule has 104 valence electrons. The molecule has 2 rings (SSSR count). The summed E-state index contributed by atoms with van der Waals surface area (Å²) in [6.07, 6.45) is 1.46. The maximum atomic E-state index is 5.96. The molecule has 0 spiro atoms. The Morgan fingerprint density at radius 1 is 1.15 bits per heavy atom. The predicted octanol–water partition coefficient (Wildman–Crippen LogP) is 4.45. The molecule has 1 heterocycles. The van der Waals surface area contributed by atoms with E-state index in [4.69, 9.17) is 28.9 Å². The number of anilines is 2. The van der Waals surface area contributed by atoms with Crippen molar-refractivity contribution in [2.24, 2.45) is 10.2 Å². The van der Waals surface area contributed by atoms with Gasteiger partial charge in [0.15, 0.2) is 5.82 Å². The summed E-state index contributed by atoms with van der Waals surface area (Å²) in [5.41, 5.74) is 8.01. The second-order valence-electron chi connectivity index (χ2n) is 4.30. The summed E-state index contributed by atoms with van der Waals surface area (Å²) in [4.78, 5) is 5.95. The third-order valence-corrected chi connectivity index (χ3v) is 3.05. The van der Waals surface area contributed by atoms with Crippen LogP contribution in [0.2, 0.25) is 10.0 Å². The van der Waals surface area contributed by atoms with Gasteiger partial charge >= 0.3 is 0 Å². The van der Waals surface area contributed by atoms with Gasteiger partial charge in [0.2, 0.25) is 0 Å². The van der Waals surface area contributed by atoms with Crippen LogP contribution in [0.15, 0.2) is 40.7 Å². The van der Waals surface area contributed by atoms with Crippen LogP contribution in [0, 0.1) is 0 Å². The number of azo groups is 1. The highest BCUT2D eigenvalue weighted by atomic mass is 35.5. The Balaban J connectivity index is 2.27. The molecule has 0 saturated carbocycles. The standard InChI is InChI=1S/C13H13Cl2N5/c1-20(2)9-3-4-12(11(16)6-9)18-19-13-10(15)5-8(14)7-17-13/h3-7H,16H2,1-2H3. The van der Waals surface area contributed by atoms with Crippen molar-refractivity contribution in [3.8, 4) is 0 Å². The van der Waals surface area contributed by atoms with E-state index in [-0.39, 0.29) is 0 Å². The van der Waals surface area contributed by atoms with Gasteiger partial charge in [-0.1, -0.05) is 23.2 Å². The molecule has 0 aliphatic heterocycles. The summed E-state index contributed by atoms with van der Waals surface area (Å²) in [5.74, 6) is 0.298. The number of rotatable bonds is 3. The molecule has 0 saturated heterocycles. The molecular formula is C13H13Cl2N5. The van der Waals surface area contributed by atoms with Gasteiger partial charge in [0, 0.05) is 26.0 Å². The smallest absolute Gasteiger partial charge is 0.193 e. The van der Waals surface area contributed by atoms with Crippen molar-refractivity contribution in [2.75, 3.05) is 24.7 Å². The lowest BCUT2D eigenvalue weighted by Crippen LogP contribution is -2.08. The Labute approximate surface area is 127 Å². The van der Waals surface area contributed by atoms with Crippen molar-refractivity contribution in [3.63, 3.8) is 0 Å². The van der Waals surface area contributed by atoms with Crippen LogP contribution in [0.1, 0.15) is 0 Å². The minimum atomic E-state index is 0.298. The second-order valence-corrected chi connectivity index (χ2v) is 5.14. The van der Waals surface area contributed by atoms with Crippen LogP contribution in [0.5, 0.6) is 0 Å². The average molecular weight is 310 g/mol. The van der Waals surface area contributed by atoms with E-state index in [1.807, 2.05) is 31.1 Å². The number of halogens is 2. The van der Waals surface area contributed by atoms with E-state index in [0.717, 1.165) is 5.69 Å². The van der Waals surface area contributed by atoms with E-state index >= 15 is 0 Å². The van der Waals surface area contributed by atoms with Crippen LogP contribution in [-0.4, -0.2) is 19.1 Å². The van der Waals surface area contributed by atoms with Crippen molar-refractivity contribution in [1.29, 1.82) is 0 Å². The molecular weight excluding hydrogens is 297 g/mol. The molecule has 0 fully saturated rings. The fourth-order valence-corrected chi connectivity index (χ4v) is 1.91. The molecule has 0 unspecified atom stereocenters. The first-order valence-corrected chi connectivity index (χ1v) is 6.52. The SMILES string of the molecule is CN(C)c1ccc(N=Nc2ncc(Cl)cc2Cl)c(N)c1. The van der Waals surface area contributed by atoms with Crippen LogP contribution in [-0.2, 0) is 0 Å². The van der Waals surface area contributed by atoms with E-state index in [1.165, 1.54) is 6.20 Å². The Bertz CT molecular complexity index is 655. The summed E-state index contributed by atoms with van der Waals surface area (Å²) in [6.45, 7) is 0. The predicted molar refractivity (Wildman–Crippen MR) is 83.6 cm³/mol. The fourth-order valence-electron chi connectivity index (χ4n) is 1.49. The molecule has 0 bridgehead atoms. The van der Waals surface area contributed by atoms with Gasteiger partial charge in [0.1, 0.15) is 5.69 Å². The zero-order valence-electron chi connectivity index (χ0n) is 11.0. The summed E-state index contributed by atoms with van der Waals surface area (Å²) in [7, 11) is 3.88. The zero-order valence-corrected chi connectivity index (χ0v) is 12.5. The molecule has 0 amide bonds. The third kappa shape index (κ3) is 3.37. The number of benzene rings is 1. The van der Waals surface area contributed by atoms with Crippen molar-refractivity contribution >= 4 is 46.1 Å². The Hall–Kier alpha value is -1.85. The van der Waals surface area contributed by atoms with Gasteiger partial charge < -0.3 is 10.6 Å². The normalized spacial score (nSPS) is 11.0. The molecule has 20 heavy (non-hydrogen) atoms. The largest absolute Gasteiger partial charge is 0.397 e. The van der Waals surface area contributed by atoms with Gasteiger partial charge in [-0.3, -0.25) is 0 Å². The van der Waals surface area contributed by atoms with E-state index < -0.39 is 0 Å². The van der Waals surface area contributed by atoms with Crippen molar-refractivity contribution in [2.45, 2.75) is 0 Å². The Morgan fingerprint density at radius 3 is 2.50 bits per heavy atom. The number of pyridine rings is 1. The summed E-state index contributed by atoms with van der Waals surface area (Å²) in [5, 5.41) is 8.83. The summed E-state index contributed by atoms with van der Waals surface area (Å²) in [6, 6.07) is 7.08. The maximum Gasteiger partial charge on any atom is 0.193 e. The van der Waals surface area contributed by atoms with E-state index in [9.17, 15) is 0 Å². The number of aromatic nitrogens is 1. The number of nitrogens with two attached hydrogens (primary N) is 1. The van der Waals surface area contributed by atoms with Crippen LogP contribution in [0.3, 0.4) is 0 Å². The van der Waals surface area contributed by atoms with Crippen LogP contribution < -0.4 is 10.6 Å². The van der Waals surface area contributed by atoms with Gasteiger partial charge in [0.25, 0.3) is 0 Å². The van der Waals surface area contributed by atoms with Gasteiger partial charge in [-0.15, -0.1) is 10.2 Å². The molecule has 0 aliphatic rings. The van der Waals surface area contributed by atoms with Gasteiger partial charge in [0.05, 0.1) is 15.7 Å². The fraction of sp³-hybridized carbons (Fsp3) is 0.154. The average Bonchev–Trinajstić information content (AvgIpc) is 2.38. The quantitative estimate of drug-likeness (QED) is 0.672. The molecule has 7 heteroatoms. The van der Waals surface area contributed by atoms with Crippen LogP contribution in [0.25, 0.3) is 0 Å². The molecule has 1 aromatic heterocycles.